The molecule has 0 N–H and O–H groups in total. The number of nitrogens with zero attached hydrogens (tertiary/aromatic N) is 1. The first-order chi connectivity index (χ1) is 9.79. The van der Waals surface area contributed by atoms with E-state index in [1.165, 1.54) is 14.2 Å². The number of hydrogen-bond acceptors (Lipinski definition) is 5. The molecule has 1 heterocycles. The topological polar surface area (TPSA) is 38.8 Å². The van der Waals surface area contributed by atoms with Crippen LogP contribution in [0.25, 0.3) is 0 Å². The summed E-state index contributed by atoms with van der Waals surface area (Å²) in [5, 5.41) is -0.699. The predicted molar refractivity (Wildman–Crippen MR) is 88.4 cm³/mol. The van der Waals surface area contributed by atoms with E-state index in [0.717, 1.165) is 18.5 Å². The fourth-order valence-electron chi connectivity index (χ4n) is 2.67. The quantitative estimate of drug-likeness (QED) is 0.588. The Balaban J connectivity index is 2.49. The van der Waals surface area contributed by atoms with Gasteiger partial charge in [0, 0.05) is 25.5 Å². The lowest BCUT2D eigenvalue weighted by Crippen LogP contribution is -2.54. The van der Waals surface area contributed by atoms with Crippen molar-refractivity contribution in [3.63, 3.8) is 0 Å². The molecule has 2 rings (SSSR count). The molecule has 21 heavy (non-hydrogen) atoms. The molecule has 0 bridgehead atoms. The Morgan fingerprint density at radius 1 is 1.19 bits per heavy atom. The van der Waals surface area contributed by atoms with Gasteiger partial charge in [0.25, 0.3) is 0 Å². The van der Waals surface area contributed by atoms with E-state index in [9.17, 15) is 4.57 Å². The van der Waals surface area contributed by atoms with Gasteiger partial charge in [-0.15, -0.1) is 0 Å². The molecule has 4 nitrogen and oxygen atoms in total. The van der Waals surface area contributed by atoms with Gasteiger partial charge < -0.3 is 9.05 Å². The Kier molecular flexibility index (Phi) is 4.91. The molecule has 1 atom stereocenters. The van der Waals surface area contributed by atoms with Crippen molar-refractivity contribution in [2.75, 3.05) is 20.8 Å². The van der Waals surface area contributed by atoms with Crippen LogP contribution in [-0.2, 0) is 18.9 Å². The summed E-state index contributed by atoms with van der Waals surface area (Å²) in [6.07, 6.45) is 0.763. The van der Waals surface area contributed by atoms with Gasteiger partial charge >= 0.3 is 7.60 Å². The van der Waals surface area contributed by atoms with Crippen LogP contribution in [0.1, 0.15) is 32.8 Å². The monoisotopic (exact) mass is 329 g/mol. The van der Waals surface area contributed by atoms with Crippen LogP contribution >= 0.6 is 19.5 Å². The van der Waals surface area contributed by atoms with Crippen molar-refractivity contribution >= 4 is 19.5 Å². The van der Waals surface area contributed by atoms with Crippen LogP contribution < -0.4 is 0 Å². The van der Waals surface area contributed by atoms with Crippen LogP contribution in [0.5, 0.6) is 0 Å². The van der Waals surface area contributed by atoms with Crippen molar-refractivity contribution < 1.29 is 13.6 Å². The predicted octanol–water partition coefficient (Wildman–Crippen LogP) is 4.48. The van der Waals surface area contributed by atoms with E-state index in [1.54, 1.807) is 11.9 Å². The lowest BCUT2D eigenvalue weighted by molar-refractivity contribution is 0.111. The summed E-state index contributed by atoms with van der Waals surface area (Å²) in [5.74, 6) is 0. The van der Waals surface area contributed by atoms with Crippen LogP contribution in [-0.4, -0.2) is 29.8 Å². The normalized spacial score (nSPS) is 23.9. The zero-order chi connectivity index (χ0) is 15.7. The Hall–Kier alpha value is -0.320. The van der Waals surface area contributed by atoms with E-state index in [4.69, 9.17) is 9.05 Å². The highest BCUT2D eigenvalue weighted by Crippen LogP contribution is 2.72. The van der Waals surface area contributed by atoms with E-state index in [0.29, 0.717) is 0 Å². The molecule has 0 saturated carbocycles. The van der Waals surface area contributed by atoms with Gasteiger partial charge in [0.1, 0.15) is 0 Å². The molecule has 1 aromatic carbocycles. The molecule has 0 aliphatic carbocycles. The van der Waals surface area contributed by atoms with Crippen molar-refractivity contribution in [1.29, 1.82) is 0 Å². The second-order valence-electron chi connectivity index (χ2n) is 6.10. The van der Waals surface area contributed by atoms with Gasteiger partial charge in [-0.3, -0.25) is 4.57 Å². The molecule has 0 amide bonds. The second kappa shape index (κ2) is 6.05. The van der Waals surface area contributed by atoms with Crippen LogP contribution in [0.3, 0.4) is 0 Å². The van der Waals surface area contributed by atoms with Gasteiger partial charge in [0.05, 0.1) is 0 Å². The van der Waals surface area contributed by atoms with Crippen molar-refractivity contribution in [3.8, 4) is 0 Å². The molecule has 1 saturated heterocycles. The van der Waals surface area contributed by atoms with Gasteiger partial charge in [-0.25, -0.2) is 4.31 Å². The minimum Gasteiger partial charge on any atom is -0.310 e. The third-order valence-electron chi connectivity index (χ3n) is 3.63. The Labute approximate surface area is 131 Å². The zero-order valence-corrected chi connectivity index (χ0v) is 15.0. The lowest BCUT2D eigenvalue weighted by atomic mass is 9.97. The summed E-state index contributed by atoms with van der Waals surface area (Å²) < 4.78 is 26.2. The molecule has 0 spiro atoms. The Morgan fingerprint density at radius 2 is 1.76 bits per heavy atom. The molecule has 1 fully saturated rings. The lowest BCUT2D eigenvalue weighted by Gasteiger charge is -2.54. The first kappa shape index (κ1) is 17.0. The van der Waals surface area contributed by atoms with Gasteiger partial charge in [-0.1, -0.05) is 42.3 Å². The van der Waals surface area contributed by atoms with Gasteiger partial charge in [0.2, 0.25) is 0 Å². The van der Waals surface area contributed by atoms with Crippen LogP contribution in [0.15, 0.2) is 30.3 Å². The Morgan fingerprint density at radius 3 is 2.14 bits per heavy atom. The van der Waals surface area contributed by atoms with Gasteiger partial charge in [-0.2, -0.15) is 0 Å². The van der Waals surface area contributed by atoms with Crippen LogP contribution in [0.2, 0.25) is 0 Å². The molecule has 1 aliphatic heterocycles. The van der Waals surface area contributed by atoms with Crippen LogP contribution in [0, 0.1) is 0 Å². The van der Waals surface area contributed by atoms with Crippen molar-refractivity contribution in [2.24, 2.45) is 0 Å². The maximum atomic E-state index is 13.3. The highest BCUT2D eigenvalue weighted by atomic mass is 32.2. The maximum absolute atomic E-state index is 13.3. The fourth-order valence-corrected chi connectivity index (χ4v) is 6.25. The standard InChI is InChI=1S/C15H24NO3PS/c1-14(2,3)21-16-12-11-15(16,20(17,18-4)19-5)13-9-7-6-8-10-13/h6-10H,11-12H2,1-5H3/t15-/m1/s1. The molecule has 0 radical (unpaired) electrons. The van der Waals surface area contributed by atoms with E-state index >= 15 is 0 Å². The summed E-state index contributed by atoms with van der Waals surface area (Å²) in [6.45, 7) is 7.32. The van der Waals surface area contributed by atoms with E-state index in [1.807, 2.05) is 30.3 Å². The van der Waals surface area contributed by atoms with E-state index in [2.05, 4.69) is 25.1 Å². The molecule has 0 aromatic heterocycles. The number of hydrogen-bond donors (Lipinski definition) is 0. The van der Waals surface area contributed by atoms with Crippen molar-refractivity contribution in [2.45, 2.75) is 37.2 Å². The molecular weight excluding hydrogens is 305 g/mol. The highest BCUT2D eigenvalue weighted by molar-refractivity contribution is 7.98. The minimum atomic E-state index is -3.28. The first-order valence-electron chi connectivity index (χ1n) is 7.03. The summed E-state index contributed by atoms with van der Waals surface area (Å²) in [7, 11) is -0.344. The molecular formula is C15H24NO3PS. The van der Waals surface area contributed by atoms with Crippen molar-refractivity contribution in [1.82, 2.24) is 4.31 Å². The average molecular weight is 329 g/mol. The first-order valence-corrected chi connectivity index (χ1v) is 9.34. The van der Waals surface area contributed by atoms with Crippen molar-refractivity contribution in [3.05, 3.63) is 35.9 Å². The SMILES string of the molecule is COP(=O)(OC)[C@@]1(c2ccccc2)CCN1SC(C)(C)C. The van der Waals surface area contributed by atoms with E-state index < -0.39 is 12.9 Å². The summed E-state index contributed by atoms with van der Waals surface area (Å²) in [5.41, 5.74) is 0.986. The molecule has 1 aromatic rings. The zero-order valence-electron chi connectivity index (χ0n) is 13.3. The summed E-state index contributed by atoms with van der Waals surface area (Å²) >= 11 is 1.70. The molecule has 6 heteroatoms. The average Bonchev–Trinajstić information content (AvgIpc) is 2.44. The number of benzene rings is 1. The van der Waals surface area contributed by atoms with Crippen LogP contribution in [0.4, 0.5) is 0 Å². The summed E-state index contributed by atoms with van der Waals surface area (Å²) in [6, 6.07) is 9.89. The summed E-state index contributed by atoms with van der Waals surface area (Å²) in [4.78, 5) is 0. The fraction of sp³-hybridized carbons (Fsp3) is 0.600. The highest BCUT2D eigenvalue weighted by Gasteiger charge is 2.61. The largest absolute Gasteiger partial charge is 0.355 e. The molecule has 118 valence electrons. The third-order valence-corrected chi connectivity index (χ3v) is 7.62. The third kappa shape index (κ3) is 2.95. The van der Waals surface area contributed by atoms with Gasteiger partial charge in [0.15, 0.2) is 5.28 Å². The Bertz CT molecular complexity index is 523. The number of rotatable bonds is 5. The second-order valence-corrected chi connectivity index (χ2v) is 10.4. The minimum absolute atomic E-state index is 0.0345. The molecule has 0 unspecified atom stereocenters. The molecule has 1 aliphatic rings. The van der Waals surface area contributed by atoms with Gasteiger partial charge in [-0.05, 0) is 32.8 Å². The van der Waals surface area contributed by atoms with E-state index in [-0.39, 0.29) is 4.75 Å². The smallest absolute Gasteiger partial charge is 0.310 e. The maximum Gasteiger partial charge on any atom is 0.355 e.